The molecule has 1 aromatic carbocycles. The minimum atomic E-state index is -2.69. The van der Waals surface area contributed by atoms with Crippen LogP contribution in [0.5, 0.6) is 17.2 Å². The summed E-state index contributed by atoms with van der Waals surface area (Å²) in [6.45, 7) is 4.97. The molecular formula is C22H23FN6O4. The number of benzene rings is 1. The van der Waals surface area contributed by atoms with Crippen LogP contribution >= 0.6 is 0 Å². The molecule has 0 spiro atoms. The Morgan fingerprint density at radius 2 is 2.03 bits per heavy atom. The lowest BCUT2D eigenvalue weighted by Crippen LogP contribution is -2.46. The van der Waals surface area contributed by atoms with E-state index in [9.17, 15) is 9.18 Å². The molecule has 3 aromatic rings. The van der Waals surface area contributed by atoms with E-state index >= 15 is 0 Å². The van der Waals surface area contributed by atoms with Crippen LogP contribution in [-0.2, 0) is 4.79 Å². The molecule has 1 aliphatic heterocycles. The van der Waals surface area contributed by atoms with Gasteiger partial charge in [0.25, 0.3) is 5.91 Å². The Kier molecular flexibility index (Phi) is 4.70. The number of carbonyl (C=O) groups excluding carboxylic acids is 1. The summed E-state index contributed by atoms with van der Waals surface area (Å²) >= 11 is 0. The Labute approximate surface area is 193 Å². The summed E-state index contributed by atoms with van der Waals surface area (Å²) in [4.78, 5) is 24.5. The predicted octanol–water partition coefficient (Wildman–Crippen LogP) is 3.93. The van der Waals surface area contributed by atoms with Crippen molar-refractivity contribution >= 4 is 35.0 Å². The van der Waals surface area contributed by atoms with Crippen LogP contribution in [0.15, 0.2) is 30.5 Å². The number of hydrogen-bond donors (Lipinski definition) is 3. The van der Waals surface area contributed by atoms with E-state index in [0.29, 0.717) is 17.0 Å². The third-order valence-electron chi connectivity index (χ3n) is 4.80. The van der Waals surface area contributed by atoms with E-state index in [1.165, 1.54) is 13.2 Å². The minimum absolute atomic E-state index is 0.00818. The van der Waals surface area contributed by atoms with E-state index in [1.54, 1.807) is 39.0 Å². The third-order valence-corrected chi connectivity index (χ3v) is 4.80. The van der Waals surface area contributed by atoms with Crippen molar-refractivity contribution in [1.82, 2.24) is 15.0 Å². The summed E-state index contributed by atoms with van der Waals surface area (Å²) in [5, 5.41) is 8.30. The number of anilines is 5. The van der Waals surface area contributed by atoms with Gasteiger partial charge in [-0.2, -0.15) is 4.98 Å². The number of halogens is 1. The van der Waals surface area contributed by atoms with Gasteiger partial charge in [-0.3, -0.25) is 4.79 Å². The van der Waals surface area contributed by atoms with Crippen LogP contribution < -0.4 is 30.2 Å². The second kappa shape index (κ2) is 8.41. The second-order valence-electron chi connectivity index (χ2n) is 7.68. The van der Waals surface area contributed by atoms with Gasteiger partial charge in [-0.05, 0) is 44.5 Å². The molecule has 0 radical (unpaired) electrons. The molecule has 33 heavy (non-hydrogen) atoms. The number of hydrogen-bond acceptors (Lipinski definition) is 9. The van der Waals surface area contributed by atoms with E-state index < -0.39 is 18.5 Å². The molecule has 1 amide bonds. The largest absolute Gasteiger partial charge is 0.493 e. The normalized spacial score (nSPS) is 15.7. The van der Waals surface area contributed by atoms with Gasteiger partial charge >= 0.3 is 0 Å². The zero-order valence-electron chi connectivity index (χ0n) is 21.2. The number of pyridine rings is 1. The number of carbonyl (C=O) groups is 1. The van der Waals surface area contributed by atoms with Crippen molar-refractivity contribution in [1.29, 1.82) is 0 Å². The lowest BCUT2D eigenvalue weighted by atomic mass is 10.1. The molecule has 3 heterocycles. The van der Waals surface area contributed by atoms with Crippen LogP contribution in [0.3, 0.4) is 0 Å². The molecule has 172 valence electrons. The predicted molar refractivity (Wildman–Crippen MR) is 120 cm³/mol. The van der Waals surface area contributed by atoms with E-state index in [-0.39, 0.29) is 40.8 Å². The molecule has 0 unspecified atom stereocenters. The van der Waals surface area contributed by atoms with Gasteiger partial charge in [0, 0.05) is 11.8 Å². The maximum Gasteiger partial charge on any atom is 0.269 e. The van der Waals surface area contributed by atoms with Crippen LogP contribution in [0.2, 0.25) is 0 Å². The lowest BCUT2D eigenvalue weighted by molar-refractivity contribution is -0.129. The third kappa shape index (κ3) is 4.43. The minimum Gasteiger partial charge on any atom is -0.493 e. The quantitative estimate of drug-likeness (QED) is 0.506. The number of rotatable bonds is 6. The van der Waals surface area contributed by atoms with Crippen molar-refractivity contribution in [3.05, 3.63) is 41.8 Å². The van der Waals surface area contributed by atoms with Gasteiger partial charge in [0.1, 0.15) is 5.82 Å². The molecule has 3 N–H and O–H groups in total. The maximum absolute atomic E-state index is 14.5. The van der Waals surface area contributed by atoms with Gasteiger partial charge in [0.2, 0.25) is 5.95 Å². The first-order chi connectivity index (χ1) is 16.8. The number of nitrogens with zero attached hydrogens (tertiary/aromatic N) is 3. The molecular weight excluding hydrogens is 431 g/mol. The topological polar surface area (TPSA) is 120 Å². The summed E-state index contributed by atoms with van der Waals surface area (Å²) in [6, 6.07) is 6.22. The van der Waals surface area contributed by atoms with Crippen molar-refractivity contribution in [3.63, 3.8) is 0 Å². The van der Waals surface area contributed by atoms with Crippen LogP contribution in [0.25, 0.3) is 0 Å². The Morgan fingerprint density at radius 1 is 1.21 bits per heavy atom. The van der Waals surface area contributed by atoms with E-state index in [1.807, 2.05) is 0 Å². The van der Waals surface area contributed by atoms with Gasteiger partial charge in [0.15, 0.2) is 40.3 Å². The van der Waals surface area contributed by atoms with Crippen molar-refractivity contribution in [2.24, 2.45) is 0 Å². The standard InChI is InChI=1S/C22H23FN6O4/c1-11-8-12(9-15(31-4)17(11)32-5)25-21-24-10-13(23)18(29-21)26-16-7-6-14-19(27-16)28-20(30)22(2,3)33-14/h6-10H,1-5H3,(H3,24,25,26,27,28,29,30)/i4D3. The summed E-state index contributed by atoms with van der Waals surface area (Å²) in [5.41, 5.74) is -0.0654. The fourth-order valence-electron chi connectivity index (χ4n) is 3.18. The van der Waals surface area contributed by atoms with Crippen LogP contribution in [0, 0.1) is 12.7 Å². The molecule has 2 aromatic heterocycles. The SMILES string of the molecule is [2H]C([2H])([2H])Oc1cc(Nc2ncc(F)c(Nc3ccc4c(n3)NC(=O)C(C)(C)O4)n2)cc(C)c1OC. The summed E-state index contributed by atoms with van der Waals surface area (Å²) in [5.74, 6) is -0.270. The average molecular weight is 457 g/mol. The lowest BCUT2D eigenvalue weighted by Gasteiger charge is -2.30. The molecule has 0 bridgehead atoms. The molecule has 4 rings (SSSR count). The highest BCUT2D eigenvalue weighted by atomic mass is 19.1. The number of aryl methyl sites for hydroxylation is 1. The number of methoxy groups -OCH3 is 2. The highest BCUT2D eigenvalue weighted by molar-refractivity contribution is 5.99. The van der Waals surface area contributed by atoms with E-state index in [4.69, 9.17) is 18.3 Å². The van der Waals surface area contributed by atoms with Gasteiger partial charge < -0.3 is 30.2 Å². The van der Waals surface area contributed by atoms with E-state index in [0.717, 1.165) is 6.20 Å². The summed E-state index contributed by atoms with van der Waals surface area (Å²) in [7, 11) is -1.29. The first-order valence-electron chi connectivity index (χ1n) is 11.3. The highest BCUT2D eigenvalue weighted by Gasteiger charge is 2.36. The Hall–Kier alpha value is -4.15. The van der Waals surface area contributed by atoms with Crippen LogP contribution in [0.4, 0.5) is 33.5 Å². The fraction of sp³-hybridized carbons (Fsp3) is 0.273. The van der Waals surface area contributed by atoms with Crippen molar-refractivity contribution in [2.75, 3.05) is 30.1 Å². The van der Waals surface area contributed by atoms with E-state index in [2.05, 4.69) is 30.9 Å². The monoisotopic (exact) mass is 457 g/mol. The molecule has 0 fully saturated rings. The Balaban J connectivity index is 1.58. The zero-order valence-corrected chi connectivity index (χ0v) is 18.2. The molecule has 10 nitrogen and oxygen atoms in total. The smallest absolute Gasteiger partial charge is 0.269 e. The van der Waals surface area contributed by atoms with Gasteiger partial charge in [-0.1, -0.05) is 0 Å². The molecule has 1 aliphatic rings. The molecule has 0 aliphatic carbocycles. The number of aromatic nitrogens is 3. The number of nitrogens with one attached hydrogen (secondary N) is 3. The number of fused-ring (bicyclic) bond motifs is 1. The zero-order chi connectivity index (χ0) is 26.3. The molecule has 0 saturated carbocycles. The van der Waals surface area contributed by atoms with Crippen molar-refractivity contribution in [2.45, 2.75) is 26.4 Å². The number of amides is 1. The van der Waals surface area contributed by atoms with Crippen molar-refractivity contribution in [3.8, 4) is 17.2 Å². The van der Waals surface area contributed by atoms with Gasteiger partial charge in [0.05, 0.1) is 24.5 Å². The Bertz CT molecular complexity index is 1340. The molecule has 0 saturated heterocycles. The Morgan fingerprint density at radius 3 is 2.79 bits per heavy atom. The fourth-order valence-corrected chi connectivity index (χ4v) is 3.18. The van der Waals surface area contributed by atoms with Gasteiger partial charge in [-0.25, -0.2) is 14.4 Å². The van der Waals surface area contributed by atoms with Crippen molar-refractivity contribution < 1.29 is 27.5 Å². The number of ether oxygens (including phenoxy) is 3. The summed E-state index contributed by atoms with van der Waals surface area (Å²) in [6.07, 6.45) is 0.958. The van der Waals surface area contributed by atoms with Crippen LogP contribution in [-0.4, -0.2) is 40.6 Å². The maximum atomic E-state index is 14.5. The average Bonchev–Trinajstić information content (AvgIpc) is 2.76. The second-order valence-corrected chi connectivity index (χ2v) is 7.68. The summed E-state index contributed by atoms with van der Waals surface area (Å²) < 4.78 is 52.5. The first kappa shape index (κ1) is 18.4. The highest BCUT2D eigenvalue weighted by Crippen LogP contribution is 2.35. The molecule has 0 atom stereocenters. The first-order valence-corrected chi connectivity index (χ1v) is 9.80. The van der Waals surface area contributed by atoms with Crippen LogP contribution in [0.1, 0.15) is 23.5 Å². The van der Waals surface area contributed by atoms with Gasteiger partial charge in [-0.15, -0.1) is 0 Å². The molecule has 11 heteroatoms.